The maximum atomic E-state index is 4.16. The molecule has 2 aromatic carbocycles. The molecule has 2 rings (SSSR count). The van der Waals surface area contributed by atoms with Crippen molar-refractivity contribution in [2.24, 2.45) is 4.99 Å². The van der Waals surface area contributed by atoms with Crippen LogP contribution in [0.4, 0.5) is 11.4 Å². The van der Waals surface area contributed by atoms with Crippen molar-refractivity contribution in [3.63, 3.8) is 0 Å². The minimum Gasteiger partial charge on any atom is -0.385 e. The molecule has 1 N–H and O–H groups in total. The van der Waals surface area contributed by atoms with Gasteiger partial charge in [0.2, 0.25) is 0 Å². The lowest BCUT2D eigenvalue weighted by molar-refractivity contribution is 0.872. The van der Waals surface area contributed by atoms with E-state index in [2.05, 4.69) is 126 Å². The van der Waals surface area contributed by atoms with E-state index in [9.17, 15) is 0 Å². The van der Waals surface area contributed by atoms with E-state index in [0.717, 1.165) is 56.5 Å². The Morgan fingerprint density at radius 3 is 1.77 bits per heavy atom. The van der Waals surface area contributed by atoms with Gasteiger partial charge in [0, 0.05) is 74.1 Å². The molecular formula is C38H52N4S2. The van der Waals surface area contributed by atoms with Crippen LogP contribution in [0.1, 0.15) is 45.7 Å². The van der Waals surface area contributed by atoms with Crippen molar-refractivity contribution in [3.05, 3.63) is 120 Å². The number of nitrogens with zero attached hydrogens (tertiary/aromatic N) is 3. The molecule has 0 spiro atoms. The highest BCUT2D eigenvalue weighted by atomic mass is 33.1. The first kappa shape index (κ1) is 36.8. The first-order chi connectivity index (χ1) is 21.6. The van der Waals surface area contributed by atoms with Crippen LogP contribution in [-0.2, 0) is 0 Å². The van der Waals surface area contributed by atoms with E-state index in [1.54, 1.807) is 0 Å². The molecule has 0 aliphatic heterocycles. The third-order valence-corrected chi connectivity index (χ3v) is 9.03. The lowest BCUT2D eigenvalue weighted by Crippen LogP contribution is -2.26. The van der Waals surface area contributed by atoms with Crippen LogP contribution in [-0.4, -0.2) is 57.0 Å². The maximum absolute atomic E-state index is 4.16. The highest BCUT2D eigenvalue weighted by molar-refractivity contribution is 8.76. The number of hydrogen-bond acceptors (Lipinski definition) is 6. The van der Waals surface area contributed by atoms with Gasteiger partial charge in [0.05, 0.1) is 0 Å². The highest BCUT2D eigenvalue weighted by Crippen LogP contribution is 2.24. The van der Waals surface area contributed by atoms with Crippen molar-refractivity contribution in [1.29, 1.82) is 0 Å². The van der Waals surface area contributed by atoms with Crippen molar-refractivity contribution in [1.82, 2.24) is 5.32 Å². The molecule has 0 saturated heterocycles. The predicted molar refractivity (Wildman–Crippen MR) is 206 cm³/mol. The fraction of sp³-hybridized carbons (Fsp3) is 0.342. The van der Waals surface area contributed by atoms with E-state index >= 15 is 0 Å². The van der Waals surface area contributed by atoms with Gasteiger partial charge in [0.1, 0.15) is 0 Å². The van der Waals surface area contributed by atoms with Gasteiger partial charge >= 0.3 is 0 Å². The second-order valence-electron chi connectivity index (χ2n) is 9.77. The Bertz CT molecular complexity index is 1240. The van der Waals surface area contributed by atoms with Gasteiger partial charge in [0.25, 0.3) is 0 Å². The summed E-state index contributed by atoms with van der Waals surface area (Å²) in [7, 11) is 3.95. The quantitative estimate of drug-likeness (QED) is 0.0644. The van der Waals surface area contributed by atoms with E-state index < -0.39 is 0 Å². The SMILES string of the molecule is C\C=C/C=C(/C=C/c1ccc(N(CC)CCSSCCN(CC)c2ccc(/C=C/C=C/C=C\C=N\CC)cc2)cc1)NCC. The van der Waals surface area contributed by atoms with Gasteiger partial charge in [-0.15, -0.1) is 0 Å². The van der Waals surface area contributed by atoms with Crippen molar-refractivity contribution in [3.8, 4) is 0 Å². The van der Waals surface area contributed by atoms with Crippen LogP contribution >= 0.6 is 21.6 Å². The van der Waals surface area contributed by atoms with Crippen LogP contribution in [0.2, 0.25) is 0 Å². The number of benzene rings is 2. The van der Waals surface area contributed by atoms with Crippen LogP contribution in [0.25, 0.3) is 12.2 Å². The molecule has 0 fully saturated rings. The summed E-state index contributed by atoms with van der Waals surface area (Å²) in [5.74, 6) is 2.21. The molecule has 0 aromatic heterocycles. The van der Waals surface area contributed by atoms with Crippen LogP contribution in [0.15, 0.2) is 114 Å². The third-order valence-electron chi connectivity index (χ3n) is 6.66. The van der Waals surface area contributed by atoms with Gasteiger partial charge in [-0.1, -0.05) is 94.5 Å². The maximum Gasteiger partial charge on any atom is 0.0366 e. The summed E-state index contributed by atoms with van der Waals surface area (Å²) < 4.78 is 0. The molecule has 0 heterocycles. The Hall–Kier alpha value is -3.35. The monoisotopic (exact) mass is 628 g/mol. The molecular weight excluding hydrogens is 577 g/mol. The van der Waals surface area contributed by atoms with Crippen LogP contribution in [0.3, 0.4) is 0 Å². The summed E-state index contributed by atoms with van der Waals surface area (Å²) in [6.07, 6.45) is 24.5. The third kappa shape index (κ3) is 15.4. The zero-order valence-electron chi connectivity index (χ0n) is 27.4. The molecule has 0 radical (unpaired) electrons. The fourth-order valence-electron chi connectivity index (χ4n) is 4.28. The average Bonchev–Trinajstić information content (AvgIpc) is 3.06. The normalized spacial score (nSPS) is 12.7. The lowest BCUT2D eigenvalue weighted by atomic mass is 10.1. The summed E-state index contributed by atoms with van der Waals surface area (Å²) in [6, 6.07) is 17.7. The Morgan fingerprint density at radius 2 is 1.25 bits per heavy atom. The Kier molecular flexibility index (Phi) is 20.1. The van der Waals surface area contributed by atoms with Crippen LogP contribution < -0.4 is 15.1 Å². The van der Waals surface area contributed by atoms with Crippen molar-refractivity contribution >= 4 is 51.3 Å². The van der Waals surface area contributed by atoms with Gasteiger partial charge in [-0.2, -0.15) is 0 Å². The molecule has 6 heteroatoms. The summed E-state index contributed by atoms with van der Waals surface area (Å²) in [5, 5.41) is 3.40. The van der Waals surface area contributed by atoms with Gasteiger partial charge < -0.3 is 15.1 Å². The van der Waals surface area contributed by atoms with Gasteiger partial charge in [-0.25, -0.2) is 0 Å². The zero-order chi connectivity index (χ0) is 31.7. The summed E-state index contributed by atoms with van der Waals surface area (Å²) in [5.41, 5.74) is 6.10. The molecule has 44 heavy (non-hydrogen) atoms. The molecule has 0 aliphatic rings. The number of likely N-dealkylation sites (N-methyl/N-ethyl adjacent to an activating group) is 1. The second-order valence-corrected chi connectivity index (χ2v) is 12.5. The van der Waals surface area contributed by atoms with E-state index in [-0.39, 0.29) is 0 Å². The van der Waals surface area contributed by atoms with Gasteiger partial charge in [-0.05, 0) is 88.2 Å². The zero-order valence-corrected chi connectivity index (χ0v) is 29.0. The Labute approximate surface area is 275 Å². The molecule has 236 valence electrons. The summed E-state index contributed by atoms with van der Waals surface area (Å²) in [6.45, 7) is 16.5. The average molecular weight is 629 g/mol. The molecule has 0 saturated carbocycles. The second kappa shape index (κ2) is 24.0. The van der Waals surface area contributed by atoms with Crippen LogP contribution in [0.5, 0.6) is 0 Å². The number of nitrogens with one attached hydrogen (secondary N) is 1. The smallest absolute Gasteiger partial charge is 0.0366 e. The van der Waals surface area contributed by atoms with Gasteiger partial charge in [0.15, 0.2) is 0 Å². The number of allylic oxidation sites excluding steroid dienone is 9. The molecule has 0 aliphatic carbocycles. The van der Waals surface area contributed by atoms with E-state index in [1.165, 1.54) is 22.5 Å². The minimum absolute atomic E-state index is 0.819. The van der Waals surface area contributed by atoms with E-state index in [0.29, 0.717) is 0 Å². The van der Waals surface area contributed by atoms with Crippen molar-refractivity contribution < 1.29 is 0 Å². The molecule has 0 amide bonds. The first-order valence-corrected chi connectivity index (χ1v) is 18.3. The minimum atomic E-state index is 0.819. The van der Waals surface area contributed by atoms with E-state index in [1.807, 2.05) is 72.0 Å². The standard InChI is InChI=1S/C38H52N4S2/c1-6-11-18-36(40-8-3)24-19-35-22-27-38(28-23-35)42(10-5)31-33-44-43-32-30-41(9-4)37-25-20-34(21-26-37)17-15-13-12-14-16-29-39-7-2/h6,11-29,40H,7-10,30-33H2,1-5H3/b11-6-,13-12+,16-14-,17-15+,24-19+,36-18-,39-29+. The summed E-state index contributed by atoms with van der Waals surface area (Å²) >= 11 is 0. The number of aliphatic imine (C=N–C) groups is 1. The largest absolute Gasteiger partial charge is 0.385 e. The number of anilines is 2. The van der Waals surface area contributed by atoms with Crippen molar-refractivity contribution in [2.75, 3.05) is 60.6 Å². The Balaban J connectivity index is 1.75. The number of rotatable bonds is 21. The van der Waals surface area contributed by atoms with E-state index in [4.69, 9.17) is 0 Å². The molecule has 0 atom stereocenters. The van der Waals surface area contributed by atoms with Crippen molar-refractivity contribution in [2.45, 2.75) is 34.6 Å². The molecule has 4 nitrogen and oxygen atoms in total. The first-order valence-electron chi connectivity index (χ1n) is 15.8. The van der Waals surface area contributed by atoms with Crippen LogP contribution in [0, 0.1) is 0 Å². The van der Waals surface area contributed by atoms with Gasteiger partial charge in [-0.3, -0.25) is 4.99 Å². The molecule has 0 unspecified atom stereocenters. The Morgan fingerprint density at radius 1 is 0.705 bits per heavy atom. The number of hydrogen-bond donors (Lipinski definition) is 1. The molecule has 2 aromatic rings. The topological polar surface area (TPSA) is 30.9 Å². The lowest BCUT2D eigenvalue weighted by Gasteiger charge is -2.24. The predicted octanol–water partition coefficient (Wildman–Crippen LogP) is 9.72. The summed E-state index contributed by atoms with van der Waals surface area (Å²) in [4.78, 5) is 9.07. The fourth-order valence-corrected chi connectivity index (χ4v) is 6.26. The molecule has 0 bridgehead atoms. The highest BCUT2D eigenvalue weighted by Gasteiger charge is 2.06.